The predicted molar refractivity (Wildman–Crippen MR) is 85.9 cm³/mol. The lowest BCUT2D eigenvalue weighted by atomic mass is 10.1. The minimum atomic E-state index is 0.188. The molecule has 0 atom stereocenters. The Morgan fingerprint density at radius 3 is 2.57 bits per heavy atom. The van der Waals surface area contributed by atoms with Crippen LogP contribution in [0.2, 0.25) is 0 Å². The number of phenols is 1. The Bertz CT molecular complexity index is 768. The van der Waals surface area contributed by atoms with Crippen LogP contribution in [0.3, 0.4) is 0 Å². The second-order valence-electron chi connectivity index (χ2n) is 4.88. The summed E-state index contributed by atoms with van der Waals surface area (Å²) >= 11 is 0. The molecule has 0 saturated heterocycles. The lowest BCUT2D eigenvalue weighted by Gasteiger charge is -2.11. The van der Waals surface area contributed by atoms with Crippen LogP contribution in [0.5, 0.6) is 11.5 Å². The molecule has 3 aromatic rings. The molecule has 106 valence electrons. The first-order valence-electron chi connectivity index (χ1n) is 6.85. The molecule has 21 heavy (non-hydrogen) atoms. The number of rotatable bonds is 4. The Labute approximate surface area is 123 Å². The van der Waals surface area contributed by atoms with E-state index in [1.807, 2.05) is 30.3 Å². The molecule has 0 aliphatic rings. The molecule has 0 aliphatic heterocycles. The lowest BCUT2D eigenvalue weighted by Crippen LogP contribution is -2.00. The van der Waals surface area contributed by atoms with E-state index in [-0.39, 0.29) is 5.75 Å². The number of para-hydroxylation sites is 1. The molecule has 0 bridgehead atoms. The normalized spacial score (nSPS) is 10.5. The fraction of sp³-hybridized carbons (Fsp3) is 0.111. The summed E-state index contributed by atoms with van der Waals surface area (Å²) < 4.78 is 5.12. The minimum Gasteiger partial charge on any atom is -0.504 e. The number of nitrogens with one attached hydrogen (secondary N) is 1. The molecule has 0 amide bonds. The van der Waals surface area contributed by atoms with E-state index >= 15 is 0 Å². The molecule has 0 unspecified atom stereocenters. The van der Waals surface area contributed by atoms with Gasteiger partial charge in [0.15, 0.2) is 11.5 Å². The molecule has 3 nitrogen and oxygen atoms in total. The largest absolute Gasteiger partial charge is 0.504 e. The molecule has 0 saturated carbocycles. The van der Waals surface area contributed by atoms with Gasteiger partial charge in [0.1, 0.15) is 0 Å². The highest BCUT2D eigenvalue weighted by molar-refractivity contribution is 5.85. The topological polar surface area (TPSA) is 41.5 Å². The Kier molecular flexibility index (Phi) is 3.65. The molecule has 0 fully saturated rings. The maximum absolute atomic E-state index is 10.1. The molecule has 3 rings (SSSR count). The van der Waals surface area contributed by atoms with Crippen LogP contribution in [0.4, 0.5) is 5.69 Å². The molecule has 3 aromatic carbocycles. The number of benzene rings is 3. The van der Waals surface area contributed by atoms with Crippen molar-refractivity contribution < 1.29 is 9.84 Å². The van der Waals surface area contributed by atoms with E-state index in [1.54, 1.807) is 13.2 Å². The standard InChI is InChI=1S/C18H17NO2/c1-21-17-8-4-7-15(18(17)20)12-19-16-10-9-13-5-2-3-6-14(13)11-16/h2-11,19-20H,12H2,1H3. The number of anilines is 1. The summed E-state index contributed by atoms with van der Waals surface area (Å²) in [6, 6.07) is 20.0. The average molecular weight is 279 g/mol. The fourth-order valence-electron chi connectivity index (χ4n) is 2.37. The summed E-state index contributed by atoms with van der Waals surface area (Å²) in [6.45, 7) is 0.543. The first kappa shape index (κ1) is 13.3. The van der Waals surface area contributed by atoms with Crippen molar-refractivity contribution in [2.45, 2.75) is 6.54 Å². The third-order valence-corrected chi connectivity index (χ3v) is 3.53. The van der Waals surface area contributed by atoms with Crippen molar-refractivity contribution in [3.8, 4) is 11.5 Å². The van der Waals surface area contributed by atoms with Gasteiger partial charge in [-0.1, -0.05) is 42.5 Å². The Morgan fingerprint density at radius 2 is 1.76 bits per heavy atom. The Morgan fingerprint density at radius 1 is 0.952 bits per heavy atom. The zero-order valence-electron chi connectivity index (χ0n) is 11.8. The fourth-order valence-corrected chi connectivity index (χ4v) is 2.37. The van der Waals surface area contributed by atoms with Gasteiger partial charge in [0.25, 0.3) is 0 Å². The molecule has 0 aromatic heterocycles. The van der Waals surface area contributed by atoms with Gasteiger partial charge in [0.2, 0.25) is 0 Å². The number of aromatic hydroxyl groups is 1. The monoisotopic (exact) mass is 279 g/mol. The van der Waals surface area contributed by atoms with E-state index in [0.717, 1.165) is 11.3 Å². The smallest absolute Gasteiger partial charge is 0.162 e. The van der Waals surface area contributed by atoms with Gasteiger partial charge in [-0.15, -0.1) is 0 Å². The zero-order valence-corrected chi connectivity index (χ0v) is 11.8. The highest BCUT2D eigenvalue weighted by Gasteiger charge is 2.06. The molecule has 2 N–H and O–H groups in total. The molecule has 0 spiro atoms. The van der Waals surface area contributed by atoms with Gasteiger partial charge in [0.05, 0.1) is 7.11 Å². The van der Waals surface area contributed by atoms with Crippen LogP contribution < -0.4 is 10.1 Å². The van der Waals surface area contributed by atoms with E-state index in [9.17, 15) is 5.11 Å². The summed E-state index contributed by atoms with van der Waals surface area (Å²) in [4.78, 5) is 0. The predicted octanol–water partition coefficient (Wildman–Crippen LogP) is 4.17. The van der Waals surface area contributed by atoms with Gasteiger partial charge in [0, 0.05) is 17.8 Å². The molecule has 0 heterocycles. The van der Waals surface area contributed by atoms with Gasteiger partial charge in [-0.25, -0.2) is 0 Å². The molecular formula is C18H17NO2. The maximum Gasteiger partial charge on any atom is 0.162 e. The van der Waals surface area contributed by atoms with Crippen LogP contribution in [0, 0.1) is 0 Å². The Balaban J connectivity index is 1.80. The summed E-state index contributed by atoms with van der Waals surface area (Å²) in [5.41, 5.74) is 1.83. The van der Waals surface area contributed by atoms with E-state index in [0.29, 0.717) is 12.3 Å². The molecule has 3 heteroatoms. The summed E-state index contributed by atoms with van der Waals surface area (Å²) in [6.07, 6.45) is 0. The number of methoxy groups -OCH3 is 1. The number of ether oxygens (including phenoxy) is 1. The summed E-state index contributed by atoms with van der Waals surface area (Å²) in [5.74, 6) is 0.682. The highest BCUT2D eigenvalue weighted by Crippen LogP contribution is 2.30. The van der Waals surface area contributed by atoms with Crippen molar-refractivity contribution in [1.29, 1.82) is 0 Å². The number of fused-ring (bicyclic) bond motifs is 1. The van der Waals surface area contributed by atoms with Crippen LogP contribution in [-0.2, 0) is 6.54 Å². The minimum absolute atomic E-state index is 0.188. The maximum atomic E-state index is 10.1. The number of hydrogen-bond donors (Lipinski definition) is 2. The molecule has 0 aliphatic carbocycles. The van der Waals surface area contributed by atoms with Crippen molar-refractivity contribution in [2.75, 3.05) is 12.4 Å². The first-order chi connectivity index (χ1) is 10.3. The van der Waals surface area contributed by atoms with Gasteiger partial charge < -0.3 is 15.2 Å². The first-order valence-corrected chi connectivity index (χ1v) is 6.85. The summed E-state index contributed by atoms with van der Waals surface area (Å²) in [5, 5.41) is 15.8. The van der Waals surface area contributed by atoms with Gasteiger partial charge >= 0.3 is 0 Å². The number of hydrogen-bond acceptors (Lipinski definition) is 3. The van der Waals surface area contributed by atoms with Crippen LogP contribution in [-0.4, -0.2) is 12.2 Å². The van der Waals surface area contributed by atoms with E-state index in [4.69, 9.17) is 4.74 Å². The lowest BCUT2D eigenvalue weighted by molar-refractivity contribution is 0.371. The van der Waals surface area contributed by atoms with Crippen molar-refractivity contribution in [3.05, 3.63) is 66.2 Å². The zero-order chi connectivity index (χ0) is 14.7. The van der Waals surface area contributed by atoms with Crippen molar-refractivity contribution >= 4 is 16.5 Å². The van der Waals surface area contributed by atoms with E-state index in [1.165, 1.54) is 10.8 Å². The SMILES string of the molecule is COc1cccc(CNc2ccc3ccccc3c2)c1O. The Hall–Kier alpha value is -2.68. The van der Waals surface area contributed by atoms with Crippen LogP contribution in [0.1, 0.15) is 5.56 Å². The third kappa shape index (κ3) is 2.77. The van der Waals surface area contributed by atoms with Crippen molar-refractivity contribution in [1.82, 2.24) is 0 Å². The summed E-state index contributed by atoms with van der Waals surface area (Å²) in [7, 11) is 1.55. The van der Waals surface area contributed by atoms with Crippen LogP contribution in [0.25, 0.3) is 10.8 Å². The second-order valence-corrected chi connectivity index (χ2v) is 4.88. The van der Waals surface area contributed by atoms with Crippen molar-refractivity contribution in [3.63, 3.8) is 0 Å². The molecular weight excluding hydrogens is 262 g/mol. The second kappa shape index (κ2) is 5.75. The van der Waals surface area contributed by atoms with Crippen molar-refractivity contribution in [2.24, 2.45) is 0 Å². The average Bonchev–Trinajstić information content (AvgIpc) is 2.54. The van der Waals surface area contributed by atoms with Gasteiger partial charge in [-0.3, -0.25) is 0 Å². The van der Waals surface area contributed by atoms with Crippen LogP contribution >= 0.6 is 0 Å². The third-order valence-electron chi connectivity index (χ3n) is 3.53. The van der Waals surface area contributed by atoms with E-state index in [2.05, 4.69) is 29.6 Å². The van der Waals surface area contributed by atoms with E-state index < -0.39 is 0 Å². The quantitative estimate of drug-likeness (QED) is 0.753. The molecule has 0 radical (unpaired) electrons. The number of phenolic OH excluding ortho intramolecular Hbond substituents is 1. The van der Waals surface area contributed by atoms with Crippen LogP contribution in [0.15, 0.2) is 60.7 Å². The highest BCUT2D eigenvalue weighted by atomic mass is 16.5. The van der Waals surface area contributed by atoms with Gasteiger partial charge in [-0.2, -0.15) is 0 Å². The van der Waals surface area contributed by atoms with Gasteiger partial charge in [-0.05, 0) is 29.0 Å².